The van der Waals surface area contributed by atoms with Gasteiger partial charge in [0.25, 0.3) is 0 Å². The highest BCUT2D eigenvalue weighted by Gasteiger charge is 2.09. The maximum absolute atomic E-state index is 4.33. The number of halogens is 1. The Labute approximate surface area is 128 Å². The molecule has 0 aliphatic carbocycles. The van der Waals surface area contributed by atoms with E-state index < -0.39 is 0 Å². The fraction of sp³-hybridized carbons (Fsp3) is 0.0769. The van der Waals surface area contributed by atoms with Gasteiger partial charge in [-0.1, -0.05) is 30.0 Å². The Morgan fingerprint density at radius 1 is 1.10 bits per heavy atom. The van der Waals surface area contributed by atoms with Crippen molar-refractivity contribution in [2.75, 3.05) is 0 Å². The molecule has 0 aliphatic heterocycles. The van der Waals surface area contributed by atoms with E-state index in [1.54, 1.807) is 22.6 Å². The zero-order chi connectivity index (χ0) is 13.8. The Bertz CT molecular complexity index is 683. The fourth-order valence-electron chi connectivity index (χ4n) is 1.63. The molecule has 0 amide bonds. The Morgan fingerprint density at radius 2 is 1.95 bits per heavy atom. The number of para-hydroxylation sites is 1. The first-order valence-corrected chi connectivity index (χ1v) is 7.68. The third-order valence-corrected chi connectivity index (χ3v) is 4.00. The summed E-state index contributed by atoms with van der Waals surface area (Å²) < 4.78 is 2.70. The van der Waals surface area contributed by atoms with E-state index in [0.29, 0.717) is 0 Å². The molecule has 7 heteroatoms. The van der Waals surface area contributed by atoms with Gasteiger partial charge in [0.15, 0.2) is 0 Å². The number of benzene rings is 1. The standard InChI is InChI=1S/C13H10BrN5S/c14-10-6-7-11(15-8-10)9-20-13-16-17-18-19(13)12-4-2-1-3-5-12/h1-8H,9H2. The van der Waals surface area contributed by atoms with Crippen molar-refractivity contribution in [2.24, 2.45) is 0 Å². The maximum atomic E-state index is 4.33. The monoisotopic (exact) mass is 347 g/mol. The average molecular weight is 348 g/mol. The molecule has 0 unspecified atom stereocenters. The van der Waals surface area contributed by atoms with E-state index in [0.717, 1.165) is 26.8 Å². The summed E-state index contributed by atoms with van der Waals surface area (Å²) in [6.07, 6.45) is 1.79. The third kappa shape index (κ3) is 3.05. The van der Waals surface area contributed by atoms with Crippen molar-refractivity contribution >= 4 is 27.7 Å². The summed E-state index contributed by atoms with van der Waals surface area (Å²) in [6, 6.07) is 13.8. The highest BCUT2D eigenvalue weighted by Crippen LogP contribution is 2.22. The maximum Gasteiger partial charge on any atom is 0.214 e. The van der Waals surface area contributed by atoms with Crippen LogP contribution in [0.1, 0.15) is 5.69 Å². The lowest BCUT2D eigenvalue weighted by atomic mass is 10.3. The summed E-state index contributed by atoms with van der Waals surface area (Å²) in [5, 5.41) is 12.6. The molecule has 0 atom stereocenters. The number of nitrogens with zero attached hydrogens (tertiary/aromatic N) is 5. The number of hydrogen-bond donors (Lipinski definition) is 0. The molecule has 0 saturated carbocycles. The van der Waals surface area contributed by atoms with Gasteiger partial charge in [-0.2, -0.15) is 4.68 Å². The lowest BCUT2D eigenvalue weighted by molar-refractivity contribution is 0.756. The molecule has 0 aliphatic rings. The highest BCUT2D eigenvalue weighted by molar-refractivity contribution is 9.10. The Balaban J connectivity index is 1.76. The molecule has 3 aromatic rings. The van der Waals surface area contributed by atoms with Crippen LogP contribution in [0.15, 0.2) is 58.3 Å². The van der Waals surface area contributed by atoms with E-state index in [1.165, 1.54) is 0 Å². The van der Waals surface area contributed by atoms with E-state index in [1.807, 2.05) is 42.5 Å². The van der Waals surface area contributed by atoms with Crippen molar-refractivity contribution < 1.29 is 0 Å². The number of rotatable bonds is 4. The van der Waals surface area contributed by atoms with Crippen LogP contribution in [-0.4, -0.2) is 25.2 Å². The first-order valence-electron chi connectivity index (χ1n) is 5.90. The minimum absolute atomic E-state index is 0.723. The van der Waals surface area contributed by atoms with Gasteiger partial charge in [0.05, 0.1) is 11.4 Å². The fourth-order valence-corrected chi connectivity index (χ4v) is 2.67. The first kappa shape index (κ1) is 13.3. The third-order valence-electron chi connectivity index (χ3n) is 2.58. The molecule has 1 aromatic carbocycles. The van der Waals surface area contributed by atoms with Gasteiger partial charge in [-0.05, 0) is 50.6 Å². The Morgan fingerprint density at radius 3 is 2.70 bits per heavy atom. The molecule has 0 fully saturated rings. The van der Waals surface area contributed by atoms with Crippen LogP contribution in [0.3, 0.4) is 0 Å². The van der Waals surface area contributed by atoms with Gasteiger partial charge in [-0.25, -0.2) is 0 Å². The van der Waals surface area contributed by atoms with Crippen LogP contribution in [0.4, 0.5) is 0 Å². The molecule has 0 saturated heterocycles. The molecule has 100 valence electrons. The van der Waals surface area contributed by atoms with Gasteiger partial charge >= 0.3 is 0 Å². The molecule has 3 rings (SSSR count). The smallest absolute Gasteiger partial charge is 0.214 e. The molecule has 0 bridgehead atoms. The number of thioether (sulfide) groups is 1. The summed E-state index contributed by atoms with van der Waals surface area (Å²) in [5.41, 5.74) is 1.93. The number of pyridine rings is 1. The molecule has 2 heterocycles. The first-order chi connectivity index (χ1) is 9.83. The van der Waals surface area contributed by atoms with E-state index in [-0.39, 0.29) is 0 Å². The van der Waals surface area contributed by atoms with Gasteiger partial charge in [-0.3, -0.25) is 4.98 Å². The molecule has 20 heavy (non-hydrogen) atoms. The second-order valence-electron chi connectivity index (χ2n) is 3.97. The average Bonchev–Trinajstić information content (AvgIpc) is 2.96. The number of aromatic nitrogens is 5. The minimum Gasteiger partial charge on any atom is -0.259 e. The predicted octanol–water partition coefficient (Wildman–Crippen LogP) is 3.11. The molecule has 0 N–H and O–H groups in total. The van der Waals surface area contributed by atoms with Gasteiger partial charge < -0.3 is 0 Å². The number of hydrogen-bond acceptors (Lipinski definition) is 5. The molecular formula is C13H10BrN5S. The van der Waals surface area contributed by atoms with E-state index in [4.69, 9.17) is 0 Å². The largest absolute Gasteiger partial charge is 0.259 e. The minimum atomic E-state index is 0.723. The van der Waals surface area contributed by atoms with Gasteiger partial charge in [0, 0.05) is 16.4 Å². The summed E-state index contributed by atoms with van der Waals surface area (Å²) in [7, 11) is 0. The highest BCUT2D eigenvalue weighted by atomic mass is 79.9. The summed E-state index contributed by atoms with van der Waals surface area (Å²) >= 11 is 4.93. The molecule has 0 radical (unpaired) electrons. The van der Waals surface area contributed by atoms with Crippen LogP contribution in [0.2, 0.25) is 0 Å². The van der Waals surface area contributed by atoms with Crippen LogP contribution < -0.4 is 0 Å². The second kappa shape index (κ2) is 6.15. The van der Waals surface area contributed by atoms with Crippen molar-refractivity contribution in [1.82, 2.24) is 25.2 Å². The van der Waals surface area contributed by atoms with Gasteiger partial charge in [-0.15, -0.1) is 5.10 Å². The normalized spacial score (nSPS) is 10.7. The predicted molar refractivity (Wildman–Crippen MR) is 80.7 cm³/mol. The van der Waals surface area contributed by atoms with Crippen molar-refractivity contribution in [2.45, 2.75) is 10.9 Å². The van der Waals surface area contributed by atoms with E-state index >= 15 is 0 Å². The second-order valence-corrected chi connectivity index (χ2v) is 5.82. The van der Waals surface area contributed by atoms with Crippen LogP contribution in [0, 0.1) is 0 Å². The zero-order valence-electron chi connectivity index (χ0n) is 10.3. The molecule has 2 aromatic heterocycles. The van der Waals surface area contributed by atoms with Crippen molar-refractivity contribution in [3.05, 3.63) is 58.8 Å². The lowest BCUT2D eigenvalue weighted by Gasteiger charge is -2.03. The molecule has 0 spiro atoms. The molecule has 5 nitrogen and oxygen atoms in total. The van der Waals surface area contributed by atoms with E-state index in [2.05, 4.69) is 36.4 Å². The van der Waals surface area contributed by atoms with Gasteiger partial charge in [0.2, 0.25) is 5.16 Å². The summed E-state index contributed by atoms with van der Waals surface area (Å²) in [6.45, 7) is 0. The Kier molecular flexibility index (Phi) is 4.08. The van der Waals surface area contributed by atoms with E-state index in [9.17, 15) is 0 Å². The van der Waals surface area contributed by atoms with Crippen molar-refractivity contribution in [3.8, 4) is 5.69 Å². The SMILES string of the molecule is Brc1ccc(CSc2nnnn2-c2ccccc2)nc1. The van der Waals surface area contributed by atoms with Crippen molar-refractivity contribution in [1.29, 1.82) is 0 Å². The lowest BCUT2D eigenvalue weighted by Crippen LogP contribution is -1.98. The van der Waals surface area contributed by atoms with Crippen LogP contribution in [-0.2, 0) is 5.75 Å². The summed E-state index contributed by atoms with van der Waals surface area (Å²) in [5.74, 6) is 0.723. The summed E-state index contributed by atoms with van der Waals surface area (Å²) in [4.78, 5) is 4.33. The van der Waals surface area contributed by atoms with Crippen LogP contribution in [0.25, 0.3) is 5.69 Å². The van der Waals surface area contributed by atoms with Gasteiger partial charge in [0.1, 0.15) is 0 Å². The number of tetrazole rings is 1. The molecular weight excluding hydrogens is 338 g/mol. The quantitative estimate of drug-likeness (QED) is 0.678. The topological polar surface area (TPSA) is 56.5 Å². The van der Waals surface area contributed by atoms with Crippen LogP contribution in [0.5, 0.6) is 0 Å². The zero-order valence-corrected chi connectivity index (χ0v) is 12.8. The Hall–Kier alpha value is -1.73. The van der Waals surface area contributed by atoms with Crippen molar-refractivity contribution in [3.63, 3.8) is 0 Å². The van der Waals surface area contributed by atoms with Crippen LogP contribution >= 0.6 is 27.7 Å².